The number of furan rings is 1. The number of carbonyl (C=O) groups is 1. The number of hydrogen-bond acceptors (Lipinski definition) is 6. The average Bonchev–Trinajstić information content (AvgIpc) is 3.28. The number of aryl methyl sites for hydroxylation is 1. The second-order valence-electron chi connectivity index (χ2n) is 5.44. The molecular formula is C18H16F2N2O4S. The van der Waals surface area contributed by atoms with E-state index in [1.165, 1.54) is 36.6 Å². The van der Waals surface area contributed by atoms with E-state index in [4.69, 9.17) is 9.15 Å². The molecule has 6 nitrogen and oxygen atoms in total. The van der Waals surface area contributed by atoms with Gasteiger partial charge in [-0.1, -0.05) is 0 Å². The van der Waals surface area contributed by atoms with Gasteiger partial charge in [0.25, 0.3) is 5.91 Å². The Balaban J connectivity index is 1.65. The third-order valence-corrected chi connectivity index (χ3v) is 4.37. The number of methoxy groups -OCH3 is 1. The second kappa shape index (κ2) is 8.17. The van der Waals surface area contributed by atoms with Crippen molar-refractivity contribution in [3.05, 3.63) is 52.0 Å². The predicted molar refractivity (Wildman–Crippen MR) is 95.3 cm³/mol. The molecule has 2 aromatic heterocycles. The van der Waals surface area contributed by atoms with Gasteiger partial charge in [-0.15, -0.1) is 11.3 Å². The second-order valence-corrected chi connectivity index (χ2v) is 6.51. The van der Waals surface area contributed by atoms with Crippen LogP contribution in [0.15, 0.2) is 40.1 Å². The van der Waals surface area contributed by atoms with Crippen LogP contribution >= 0.6 is 11.3 Å². The van der Waals surface area contributed by atoms with E-state index in [0.29, 0.717) is 11.5 Å². The Labute approximate surface area is 157 Å². The van der Waals surface area contributed by atoms with Gasteiger partial charge in [0.05, 0.1) is 18.7 Å². The van der Waals surface area contributed by atoms with Crippen LogP contribution in [0.1, 0.15) is 21.1 Å². The number of ether oxygens (including phenoxy) is 2. The number of hydrogen-bond donors (Lipinski definition) is 1. The van der Waals surface area contributed by atoms with E-state index < -0.39 is 12.5 Å². The SMILES string of the molecule is COc1cc(C(=O)NCc2ccc(-c3csc(C)n3)o2)ccc1OC(F)F. The van der Waals surface area contributed by atoms with Crippen LogP contribution in [0.2, 0.25) is 0 Å². The van der Waals surface area contributed by atoms with Gasteiger partial charge in [0.15, 0.2) is 17.3 Å². The molecule has 0 unspecified atom stereocenters. The molecule has 0 radical (unpaired) electrons. The van der Waals surface area contributed by atoms with Crippen molar-refractivity contribution < 1.29 is 27.5 Å². The highest BCUT2D eigenvalue weighted by Crippen LogP contribution is 2.29. The van der Waals surface area contributed by atoms with Crippen molar-refractivity contribution in [1.29, 1.82) is 0 Å². The van der Waals surface area contributed by atoms with Crippen molar-refractivity contribution in [2.45, 2.75) is 20.1 Å². The summed E-state index contributed by atoms with van der Waals surface area (Å²) in [5.41, 5.74) is 0.991. The number of amides is 1. The quantitative estimate of drug-likeness (QED) is 0.648. The molecule has 0 aliphatic carbocycles. The average molecular weight is 394 g/mol. The fourth-order valence-corrected chi connectivity index (χ4v) is 2.96. The zero-order valence-electron chi connectivity index (χ0n) is 14.5. The van der Waals surface area contributed by atoms with Gasteiger partial charge in [0.2, 0.25) is 0 Å². The lowest BCUT2D eigenvalue weighted by atomic mass is 10.2. The molecule has 1 amide bonds. The first-order chi connectivity index (χ1) is 13.0. The van der Waals surface area contributed by atoms with Crippen LogP contribution in [0, 0.1) is 6.92 Å². The minimum Gasteiger partial charge on any atom is -0.493 e. The number of thiazole rings is 1. The highest BCUT2D eigenvalue weighted by atomic mass is 32.1. The maximum Gasteiger partial charge on any atom is 0.387 e. The van der Waals surface area contributed by atoms with Gasteiger partial charge in [-0.3, -0.25) is 4.79 Å². The largest absolute Gasteiger partial charge is 0.493 e. The molecule has 0 bridgehead atoms. The molecule has 1 N–H and O–H groups in total. The van der Waals surface area contributed by atoms with Gasteiger partial charge >= 0.3 is 6.61 Å². The van der Waals surface area contributed by atoms with Crippen LogP contribution in [0.25, 0.3) is 11.5 Å². The molecule has 0 saturated heterocycles. The molecule has 142 valence electrons. The van der Waals surface area contributed by atoms with E-state index in [1.807, 2.05) is 12.3 Å². The summed E-state index contributed by atoms with van der Waals surface area (Å²) in [7, 11) is 1.31. The van der Waals surface area contributed by atoms with Gasteiger partial charge in [0, 0.05) is 10.9 Å². The Hall–Kier alpha value is -2.94. The van der Waals surface area contributed by atoms with Crippen LogP contribution in [0.4, 0.5) is 8.78 Å². The fourth-order valence-electron chi connectivity index (χ4n) is 2.36. The molecule has 0 aliphatic rings. The standard InChI is InChI=1S/C18H16F2N2O4S/c1-10-22-13(9-27-10)14-6-4-12(25-14)8-21-17(23)11-3-5-15(26-18(19)20)16(7-11)24-2/h3-7,9,18H,8H2,1-2H3,(H,21,23). The molecule has 27 heavy (non-hydrogen) atoms. The number of carbonyl (C=O) groups excluding carboxylic acids is 1. The molecule has 2 heterocycles. The number of nitrogens with one attached hydrogen (secondary N) is 1. The maximum absolute atomic E-state index is 12.4. The van der Waals surface area contributed by atoms with E-state index in [0.717, 1.165) is 10.7 Å². The van der Waals surface area contributed by atoms with Crippen LogP contribution in [-0.2, 0) is 6.54 Å². The zero-order chi connectivity index (χ0) is 19.4. The van der Waals surface area contributed by atoms with E-state index in [1.54, 1.807) is 12.1 Å². The zero-order valence-corrected chi connectivity index (χ0v) is 15.3. The summed E-state index contributed by atoms with van der Waals surface area (Å²) in [6.45, 7) is -0.905. The Kier molecular flexibility index (Phi) is 5.70. The number of nitrogens with zero attached hydrogens (tertiary/aromatic N) is 1. The van der Waals surface area contributed by atoms with Crippen LogP contribution < -0.4 is 14.8 Å². The highest BCUT2D eigenvalue weighted by molar-refractivity contribution is 7.09. The first-order valence-electron chi connectivity index (χ1n) is 7.88. The Morgan fingerprint density at radius 1 is 1.30 bits per heavy atom. The third-order valence-electron chi connectivity index (χ3n) is 3.60. The molecule has 0 fully saturated rings. The predicted octanol–water partition coefficient (Wildman–Crippen LogP) is 4.25. The monoisotopic (exact) mass is 394 g/mol. The van der Waals surface area contributed by atoms with E-state index in [9.17, 15) is 13.6 Å². The maximum atomic E-state index is 12.4. The van der Waals surface area contributed by atoms with Crippen molar-refractivity contribution in [3.8, 4) is 23.0 Å². The molecule has 3 aromatic rings. The summed E-state index contributed by atoms with van der Waals surface area (Å²) < 4.78 is 39.7. The highest BCUT2D eigenvalue weighted by Gasteiger charge is 2.15. The molecular weight excluding hydrogens is 378 g/mol. The van der Waals surface area contributed by atoms with Crippen LogP contribution in [0.5, 0.6) is 11.5 Å². The third kappa shape index (κ3) is 4.62. The topological polar surface area (TPSA) is 73.6 Å². The summed E-state index contributed by atoms with van der Waals surface area (Å²) >= 11 is 1.52. The van der Waals surface area contributed by atoms with E-state index in [2.05, 4.69) is 15.0 Å². The summed E-state index contributed by atoms with van der Waals surface area (Å²) in [5.74, 6) is 0.687. The van der Waals surface area contributed by atoms with Crippen molar-refractivity contribution in [2.24, 2.45) is 0 Å². The minimum atomic E-state index is -2.98. The smallest absolute Gasteiger partial charge is 0.387 e. The Bertz CT molecular complexity index is 939. The van der Waals surface area contributed by atoms with Gasteiger partial charge in [-0.25, -0.2) is 4.98 Å². The first-order valence-corrected chi connectivity index (χ1v) is 8.76. The van der Waals surface area contributed by atoms with Gasteiger partial charge in [-0.05, 0) is 37.3 Å². The molecule has 9 heteroatoms. The number of halogens is 2. The number of benzene rings is 1. The summed E-state index contributed by atoms with van der Waals surface area (Å²) in [5, 5.41) is 5.53. The van der Waals surface area contributed by atoms with Crippen LogP contribution in [-0.4, -0.2) is 24.6 Å². The number of aromatic nitrogens is 1. The van der Waals surface area contributed by atoms with Crippen molar-refractivity contribution >= 4 is 17.2 Å². The molecule has 1 aromatic carbocycles. The minimum absolute atomic E-state index is 0.0436. The molecule has 0 atom stereocenters. The van der Waals surface area contributed by atoms with Gasteiger partial charge in [0.1, 0.15) is 11.5 Å². The van der Waals surface area contributed by atoms with Gasteiger partial charge in [-0.2, -0.15) is 8.78 Å². The summed E-state index contributed by atoms with van der Waals surface area (Å²) in [6.07, 6.45) is 0. The summed E-state index contributed by atoms with van der Waals surface area (Å²) in [4.78, 5) is 16.6. The number of alkyl halides is 2. The lowest BCUT2D eigenvalue weighted by Gasteiger charge is -2.11. The molecule has 0 saturated carbocycles. The number of rotatable bonds is 7. The van der Waals surface area contributed by atoms with Crippen molar-refractivity contribution in [2.75, 3.05) is 7.11 Å². The lowest BCUT2D eigenvalue weighted by Crippen LogP contribution is -2.22. The molecule has 0 spiro atoms. The van der Waals surface area contributed by atoms with Crippen molar-refractivity contribution in [3.63, 3.8) is 0 Å². The Morgan fingerprint density at radius 3 is 2.78 bits per heavy atom. The molecule has 3 rings (SSSR count). The lowest BCUT2D eigenvalue weighted by molar-refractivity contribution is -0.0512. The first kappa shape index (κ1) is 18.8. The van der Waals surface area contributed by atoms with E-state index in [-0.39, 0.29) is 23.6 Å². The van der Waals surface area contributed by atoms with Crippen LogP contribution in [0.3, 0.4) is 0 Å². The summed E-state index contributed by atoms with van der Waals surface area (Å²) in [6, 6.07) is 7.51. The molecule has 0 aliphatic heterocycles. The normalized spacial score (nSPS) is 10.9. The Morgan fingerprint density at radius 2 is 2.11 bits per heavy atom. The fraction of sp³-hybridized carbons (Fsp3) is 0.222. The van der Waals surface area contributed by atoms with Gasteiger partial charge < -0.3 is 19.2 Å². The van der Waals surface area contributed by atoms with E-state index >= 15 is 0 Å². The van der Waals surface area contributed by atoms with Crippen molar-refractivity contribution in [1.82, 2.24) is 10.3 Å².